The third kappa shape index (κ3) is 3.01. The van der Waals surface area contributed by atoms with Crippen molar-refractivity contribution >= 4 is 17.6 Å². The average Bonchev–Trinajstić information content (AvgIpc) is 2.14. The smallest absolute Gasteiger partial charge is 0.333 e. The molecule has 0 heterocycles. The van der Waals surface area contributed by atoms with E-state index in [1.54, 1.807) is 18.2 Å². The molecule has 14 heavy (non-hydrogen) atoms. The fraction of sp³-hybridized carbons (Fsp3) is 0.300. The molecule has 0 radical (unpaired) electrons. The van der Waals surface area contributed by atoms with Gasteiger partial charge < -0.3 is 9.84 Å². The monoisotopic (exact) mass is 214 g/mol. The molecule has 1 aromatic carbocycles. The van der Waals surface area contributed by atoms with E-state index in [9.17, 15) is 4.79 Å². The van der Waals surface area contributed by atoms with Crippen molar-refractivity contribution in [3.8, 4) is 0 Å². The third-order valence-corrected chi connectivity index (χ3v) is 2.11. The van der Waals surface area contributed by atoms with Gasteiger partial charge in [-0.05, 0) is 17.7 Å². The van der Waals surface area contributed by atoms with E-state index in [4.69, 9.17) is 21.4 Å². The number of hydrogen-bond donors (Lipinski definition) is 1. The first kappa shape index (κ1) is 11.0. The highest BCUT2D eigenvalue weighted by molar-refractivity contribution is 6.30. The molecule has 1 aromatic rings. The number of carboxylic acids is 1. The average molecular weight is 215 g/mol. The standard InChI is InChI=1S/C10H11ClO3/c1-14-9(10(12)13)6-7-3-2-4-8(11)5-7/h2-5,9H,6H2,1H3,(H,12,13)/t9-/m0/s1. The second-order valence-corrected chi connectivity index (χ2v) is 3.33. The first-order valence-corrected chi connectivity index (χ1v) is 4.51. The molecule has 0 aliphatic carbocycles. The molecule has 0 fully saturated rings. The maximum absolute atomic E-state index is 10.7. The number of ether oxygens (including phenoxy) is 1. The van der Waals surface area contributed by atoms with Crippen molar-refractivity contribution in [2.75, 3.05) is 7.11 Å². The topological polar surface area (TPSA) is 46.5 Å². The van der Waals surface area contributed by atoms with Gasteiger partial charge in [0, 0.05) is 18.6 Å². The highest BCUT2D eigenvalue weighted by atomic mass is 35.5. The Kier molecular flexibility index (Phi) is 3.92. The van der Waals surface area contributed by atoms with Crippen LogP contribution in [0.15, 0.2) is 24.3 Å². The number of carbonyl (C=O) groups is 1. The zero-order valence-corrected chi connectivity index (χ0v) is 8.49. The summed E-state index contributed by atoms with van der Waals surface area (Å²) in [7, 11) is 1.38. The van der Waals surface area contributed by atoms with Crippen molar-refractivity contribution in [2.45, 2.75) is 12.5 Å². The Morgan fingerprint density at radius 3 is 2.86 bits per heavy atom. The van der Waals surface area contributed by atoms with Gasteiger partial charge in [-0.25, -0.2) is 4.79 Å². The van der Waals surface area contributed by atoms with E-state index in [-0.39, 0.29) is 0 Å². The maximum Gasteiger partial charge on any atom is 0.333 e. The van der Waals surface area contributed by atoms with Crippen molar-refractivity contribution in [3.05, 3.63) is 34.9 Å². The van der Waals surface area contributed by atoms with Crippen LogP contribution < -0.4 is 0 Å². The summed E-state index contributed by atoms with van der Waals surface area (Å²) in [6.07, 6.45) is -0.486. The molecule has 0 saturated carbocycles. The first-order valence-electron chi connectivity index (χ1n) is 4.13. The molecule has 0 bridgehead atoms. The molecular weight excluding hydrogens is 204 g/mol. The van der Waals surface area contributed by atoms with Gasteiger partial charge in [0.2, 0.25) is 0 Å². The summed E-state index contributed by atoms with van der Waals surface area (Å²) < 4.78 is 4.81. The molecular formula is C10H11ClO3. The Hall–Kier alpha value is -1.06. The number of halogens is 1. The van der Waals surface area contributed by atoms with E-state index in [1.165, 1.54) is 7.11 Å². The lowest BCUT2D eigenvalue weighted by atomic mass is 10.1. The predicted molar refractivity (Wildman–Crippen MR) is 53.6 cm³/mol. The number of benzene rings is 1. The lowest BCUT2D eigenvalue weighted by Crippen LogP contribution is -2.24. The number of methoxy groups -OCH3 is 1. The van der Waals surface area contributed by atoms with Crippen LogP contribution in [-0.4, -0.2) is 24.3 Å². The summed E-state index contributed by atoms with van der Waals surface area (Å²) in [5, 5.41) is 9.35. The van der Waals surface area contributed by atoms with Crippen LogP contribution in [0.5, 0.6) is 0 Å². The lowest BCUT2D eigenvalue weighted by molar-refractivity contribution is -0.148. The van der Waals surface area contributed by atoms with Crippen LogP contribution in [0.4, 0.5) is 0 Å². The van der Waals surface area contributed by atoms with Crippen molar-refractivity contribution < 1.29 is 14.6 Å². The Balaban J connectivity index is 2.72. The third-order valence-electron chi connectivity index (χ3n) is 1.87. The fourth-order valence-corrected chi connectivity index (χ4v) is 1.36. The second-order valence-electron chi connectivity index (χ2n) is 2.90. The van der Waals surface area contributed by atoms with Crippen molar-refractivity contribution in [1.82, 2.24) is 0 Å². The fourth-order valence-electron chi connectivity index (χ4n) is 1.15. The maximum atomic E-state index is 10.7. The van der Waals surface area contributed by atoms with Crippen LogP contribution in [0.1, 0.15) is 5.56 Å². The van der Waals surface area contributed by atoms with Gasteiger partial charge in [-0.1, -0.05) is 23.7 Å². The predicted octanol–water partition coefficient (Wildman–Crippen LogP) is 1.98. The Morgan fingerprint density at radius 1 is 1.64 bits per heavy atom. The quantitative estimate of drug-likeness (QED) is 0.834. The molecule has 0 saturated heterocycles. The molecule has 0 amide bonds. The van der Waals surface area contributed by atoms with E-state index >= 15 is 0 Å². The molecule has 4 heteroatoms. The summed E-state index contributed by atoms with van der Waals surface area (Å²) >= 11 is 5.76. The van der Waals surface area contributed by atoms with Gasteiger partial charge in [-0.2, -0.15) is 0 Å². The Labute approximate surface area is 87.3 Å². The van der Waals surface area contributed by atoms with E-state index in [0.29, 0.717) is 11.4 Å². The minimum atomic E-state index is -0.965. The summed E-state index contributed by atoms with van der Waals surface area (Å²) in [4.78, 5) is 10.7. The molecule has 76 valence electrons. The normalized spacial score (nSPS) is 12.4. The molecule has 0 aliphatic heterocycles. The zero-order valence-electron chi connectivity index (χ0n) is 7.74. The van der Waals surface area contributed by atoms with E-state index in [0.717, 1.165) is 5.56 Å². The summed E-state index contributed by atoms with van der Waals surface area (Å²) in [5.74, 6) is -0.965. The molecule has 1 atom stereocenters. The molecule has 0 spiro atoms. The van der Waals surface area contributed by atoms with Crippen LogP contribution >= 0.6 is 11.6 Å². The lowest BCUT2D eigenvalue weighted by Gasteiger charge is -2.10. The first-order chi connectivity index (χ1) is 6.63. The van der Waals surface area contributed by atoms with Crippen LogP contribution in [0.2, 0.25) is 5.02 Å². The minimum Gasteiger partial charge on any atom is -0.479 e. The van der Waals surface area contributed by atoms with Crippen LogP contribution in [0.3, 0.4) is 0 Å². The minimum absolute atomic E-state index is 0.326. The molecule has 3 nitrogen and oxygen atoms in total. The molecule has 1 rings (SSSR count). The highest BCUT2D eigenvalue weighted by Gasteiger charge is 2.16. The second kappa shape index (κ2) is 4.98. The molecule has 1 N–H and O–H groups in total. The van der Waals surface area contributed by atoms with Gasteiger partial charge in [0.05, 0.1) is 0 Å². The van der Waals surface area contributed by atoms with E-state index in [1.807, 2.05) is 6.07 Å². The van der Waals surface area contributed by atoms with Gasteiger partial charge in [0.1, 0.15) is 0 Å². The molecule has 0 unspecified atom stereocenters. The Bertz CT molecular complexity index is 325. The van der Waals surface area contributed by atoms with Gasteiger partial charge in [-0.3, -0.25) is 0 Å². The van der Waals surface area contributed by atoms with Crippen LogP contribution in [0.25, 0.3) is 0 Å². The molecule has 0 aromatic heterocycles. The van der Waals surface area contributed by atoms with Crippen molar-refractivity contribution in [1.29, 1.82) is 0 Å². The zero-order chi connectivity index (χ0) is 10.6. The summed E-state index contributed by atoms with van der Waals surface area (Å²) in [5.41, 5.74) is 0.853. The van der Waals surface area contributed by atoms with Gasteiger partial charge in [-0.15, -0.1) is 0 Å². The van der Waals surface area contributed by atoms with Crippen molar-refractivity contribution in [2.24, 2.45) is 0 Å². The van der Waals surface area contributed by atoms with Crippen molar-refractivity contribution in [3.63, 3.8) is 0 Å². The highest BCUT2D eigenvalue weighted by Crippen LogP contribution is 2.13. The van der Waals surface area contributed by atoms with Gasteiger partial charge >= 0.3 is 5.97 Å². The summed E-state index contributed by atoms with van der Waals surface area (Å²) in [6.45, 7) is 0. The Morgan fingerprint density at radius 2 is 2.36 bits per heavy atom. The number of hydrogen-bond acceptors (Lipinski definition) is 2. The van der Waals surface area contributed by atoms with Gasteiger partial charge in [0.25, 0.3) is 0 Å². The SMILES string of the molecule is CO[C@@H](Cc1cccc(Cl)c1)C(=O)O. The van der Waals surface area contributed by atoms with Crippen LogP contribution in [0, 0.1) is 0 Å². The van der Waals surface area contributed by atoms with Gasteiger partial charge in [0.15, 0.2) is 6.10 Å². The largest absolute Gasteiger partial charge is 0.479 e. The van der Waals surface area contributed by atoms with E-state index in [2.05, 4.69) is 0 Å². The molecule has 0 aliphatic rings. The summed E-state index contributed by atoms with van der Waals surface area (Å²) in [6, 6.07) is 7.08. The number of rotatable bonds is 4. The van der Waals surface area contributed by atoms with Crippen LogP contribution in [-0.2, 0) is 16.0 Å². The van der Waals surface area contributed by atoms with E-state index < -0.39 is 12.1 Å². The number of aliphatic carboxylic acids is 1. The number of carboxylic acid groups (broad SMARTS) is 1.